The summed E-state index contributed by atoms with van der Waals surface area (Å²) in [5.41, 5.74) is 1.65. The molecule has 2 heterocycles. The van der Waals surface area contributed by atoms with Gasteiger partial charge in [-0.05, 0) is 25.2 Å². The van der Waals surface area contributed by atoms with Crippen molar-refractivity contribution >= 4 is 33.6 Å². The highest BCUT2D eigenvalue weighted by Crippen LogP contribution is 2.31. The molecule has 1 N–H and O–H groups in total. The normalized spacial score (nSPS) is 18.0. The van der Waals surface area contributed by atoms with E-state index in [0.717, 1.165) is 72.9 Å². The SMILES string of the molecule is Cc1c(C(=O)NCCN2CCN(C(=O)C3CCCC3)CC2)oc2c1ccc1ccccc12. The molecule has 6 nitrogen and oxygen atoms in total. The number of amides is 2. The molecule has 2 aromatic carbocycles. The fraction of sp³-hybridized carbons (Fsp3) is 0.462. The number of nitrogens with zero attached hydrogens (tertiary/aromatic N) is 2. The summed E-state index contributed by atoms with van der Waals surface area (Å²) in [5.74, 6) is 0.828. The summed E-state index contributed by atoms with van der Waals surface area (Å²) < 4.78 is 6.04. The number of benzene rings is 2. The summed E-state index contributed by atoms with van der Waals surface area (Å²) in [4.78, 5) is 29.8. The molecule has 1 aliphatic carbocycles. The van der Waals surface area contributed by atoms with Crippen molar-refractivity contribution in [2.75, 3.05) is 39.3 Å². The number of carbonyl (C=O) groups excluding carboxylic acids is 2. The van der Waals surface area contributed by atoms with Gasteiger partial charge in [0.15, 0.2) is 5.76 Å². The van der Waals surface area contributed by atoms with Gasteiger partial charge in [-0.1, -0.05) is 49.2 Å². The third-order valence-electron chi connectivity index (χ3n) is 7.14. The summed E-state index contributed by atoms with van der Waals surface area (Å²) in [6, 6.07) is 12.2. The molecule has 6 heteroatoms. The maximum Gasteiger partial charge on any atom is 0.287 e. The molecule has 0 spiro atoms. The molecule has 2 amide bonds. The van der Waals surface area contributed by atoms with E-state index in [1.165, 1.54) is 12.8 Å². The molecule has 2 aliphatic rings. The number of nitrogens with one attached hydrogen (secondary N) is 1. The van der Waals surface area contributed by atoms with E-state index in [2.05, 4.69) is 16.3 Å². The first kappa shape index (κ1) is 21.0. The molecule has 168 valence electrons. The molecule has 0 bridgehead atoms. The van der Waals surface area contributed by atoms with Crippen LogP contribution in [0.4, 0.5) is 0 Å². The Morgan fingerprint density at radius 2 is 1.75 bits per heavy atom. The van der Waals surface area contributed by atoms with Gasteiger partial charge in [0.25, 0.3) is 5.91 Å². The van der Waals surface area contributed by atoms with Crippen LogP contribution in [-0.4, -0.2) is 60.9 Å². The van der Waals surface area contributed by atoms with E-state index >= 15 is 0 Å². The summed E-state index contributed by atoms with van der Waals surface area (Å²) in [6.45, 7) is 6.59. The van der Waals surface area contributed by atoms with Gasteiger partial charge in [0.1, 0.15) is 5.58 Å². The predicted molar refractivity (Wildman–Crippen MR) is 126 cm³/mol. The van der Waals surface area contributed by atoms with Crippen LogP contribution < -0.4 is 5.32 Å². The Bertz CT molecular complexity index is 1140. The molecule has 0 atom stereocenters. The number of hydrogen-bond acceptors (Lipinski definition) is 4. The second-order valence-corrected chi connectivity index (χ2v) is 9.12. The average Bonchev–Trinajstić information content (AvgIpc) is 3.48. The zero-order valence-corrected chi connectivity index (χ0v) is 18.7. The topological polar surface area (TPSA) is 65.8 Å². The van der Waals surface area contributed by atoms with E-state index in [4.69, 9.17) is 4.42 Å². The Labute approximate surface area is 188 Å². The van der Waals surface area contributed by atoms with Gasteiger partial charge in [0.05, 0.1) is 0 Å². The second-order valence-electron chi connectivity index (χ2n) is 9.12. The van der Waals surface area contributed by atoms with Crippen LogP contribution in [-0.2, 0) is 4.79 Å². The Kier molecular flexibility index (Phi) is 5.87. The largest absolute Gasteiger partial charge is 0.450 e. The molecule has 1 aliphatic heterocycles. The van der Waals surface area contributed by atoms with Gasteiger partial charge in [-0.15, -0.1) is 0 Å². The van der Waals surface area contributed by atoms with Crippen LogP contribution in [0.1, 0.15) is 41.8 Å². The minimum Gasteiger partial charge on any atom is -0.450 e. The standard InChI is InChI=1S/C26H31N3O3/c1-18-21-11-10-19-6-4-5-9-22(19)24(21)32-23(18)25(30)27-12-13-28-14-16-29(17-15-28)26(31)20-7-2-3-8-20/h4-6,9-11,20H,2-3,7-8,12-17H2,1H3,(H,27,30). The van der Waals surface area contributed by atoms with Crippen LogP contribution in [0.15, 0.2) is 40.8 Å². The summed E-state index contributed by atoms with van der Waals surface area (Å²) in [6.07, 6.45) is 4.50. The molecule has 1 saturated carbocycles. The molecule has 0 radical (unpaired) electrons. The van der Waals surface area contributed by atoms with Crippen molar-refractivity contribution in [2.45, 2.75) is 32.6 Å². The van der Waals surface area contributed by atoms with E-state index in [0.29, 0.717) is 18.2 Å². The van der Waals surface area contributed by atoms with Crippen molar-refractivity contribution in [3.63, 3.8) is 0 Å². The van der Waals surface area contributed by atoms with E-state index in [1.54, 1.807) is 0 Å². The molecule has 2 fully saturated rings. The molecular formula is C26H31N3O3. The third kappa shape index (κ3) is 3.99. The second kappa shape index (κ2) is 8.94. The first-order valence-corrected chi connectivity index (χ1v) is 11.8. The van der Waals surface area contributed by atoms with E-state index < -0.39 is 0 Å². The Balaban J connectivity index is 1.15. The van der Waals surface area contributed by atoms with Crippen LogP contribution in [0.25, 0.3) is 21.7 Å². The third-order valence-corrected chi connectivity index (χ3v) is 7.14. The van der Waals surface area contributed by atoms with Gasteiger partial charge >= 0.3 is 0 Å². The molecule has 32 heavy (non-hydrogen) atoms. The lowest BCUT2D eigenvalue weighted by molar-refractivity contribution is -0.137. The maximum atomic E-state index is 12.8. The smallest absolute Gasteiger partial charge is 0.287 e. The number of carbonyl (C=O) groups is 2. The van der Waals surface area contributed by atoms with Gasteiger partial charge in [-0.2, -0.15) is 0 Å². The Morgan fingerprint density at radius 3 is 2.53 bits per heavy atom. The van der Waals surface area contributed by atoms with Crippen molar-refractivity contribution in [2.24, 2.45) is 5.92 Å². The van der Waals surface area contributed by atoms with Crippen molar-refractivity contribution in [1.82, 2.24) is 15.1 Å². The van der Waals surface area contributed by atoms with Crippen molar-refractivity contribution in [3.8, 4) is 0 Å². The fourth-order valence-electron chi connectivity index (χ4n) is 5.20. The molecule has 1 saturated heterocycles. The highest BCUT2D eigenvalue weighted by atomic mass is 16.3. The van der Waals surface area contributed by atoms with Gasteiger partial charge in [0.2, 0.25) is 5.91 Å². The van der Waals surface area contributed by atoms with E-state index in [9.17, 15) is 9.59 Å². The van der Waals surface area contributed by atoms with Crippen molar-refractivity contribution in [1.29, 1.82) is 0 Å². The van der Waals surface area contributed by atoms with Crippen molar-refractivity contribution < 1.29 is 14.0 Å². The first-order chi connectivity index (χ1) is 15.6. The lowest BCUT2D eigenvalue weighted by Gasteiger charge is -2.36. The van der Waals surface area contributed by atoms with E-state index in [-0.39, 0.29) is 11.8 Å². The van der Waals surface area contributed by atoms with Gasteiger partial charge in [-0.3, -0.25) is 14.5 Å². The number of piperazine rings is 1. The number of hydrogen-bond donors (Lipinski definition) is 1. The summed E-state index contributed by atoms with van der Waals surface area (Å²) in [7, 11) is 0. The van der Waals surface area contributed by atoms with E-state index in [1.807, 2.05) is 42.2 Å². The quantitative estimate of drug-likeness (QED) is 0.662. The molecular weight excluding hydrogens is 402 g/mol. The lowest BCUT2D eigenvalue weighted by Crippen LogP contribution is -2.51. The minimum absolute atomic E-state index is 0.169. The zero-order chi connectivity index (χ0) is 22.1. The molecule has 5 rings (SSSR count). The highest BCUT2D eigenvalue weighted by Gasteiger charge is 2.29. The molecule has 1 aromatic heterocycles. The summed E-state index contributed by atoms with van der Waals surface area (Å²) in [5, 5.41) is 6.13. The number of furan rings is 1. The van der Waals surface area contributed by atoms with Crippen LogP contribution in [0.5, 0.6) is 0 Å². The number of aryl methyl sites for hydroxylation is 1. The van der Waals surface area contributed by atoms with Crippen molar-refractivity contribution in [3.05, 3.63) is 47.7 Å². The van der Waals surface area contributed by atoms with Crippen LogP contribution in [0.2, 0.25) is 0 Å². The predicted octanol–water partition coefficient (Wildman–Crippen LogP) is 3.96. The highest BCUT2D eigenvalue weighted by molar-refractivity contribution is 6.08. The monoisotopic (exact) mass is 433 g/mol. The zero-order valence-electron chi connectivity index (χ0n) is 18.7. The number of rotatable bonds is 5. The molecule has 3 aromatic rings. The fourth-order valence-corrected chi connectivity index (χ4v) is 5.20. The Hall–Kier alpha value is -2.86. The average molecular weight is 434 g/mol. The minimum atomic E-state index is -0.169. The summed E-state index contributed by atoms with van der Waals surface area (Å²) >= 11 is 0. The van der Waals surface area contributed by atoms with Crippen LogP contribution >= 0.6 is 0 Å². The van der Waals surface area contributed by atoms with Crippen LogP contribution in [0.3, 0.4) is 0 Å². The van der Waals surface area contributed by atoms with Gasteiger partial charge < -0.3 is 14.6 Å². The lowest BCUT2D eigenvalue weighted by atomic mass is 10.1. The molecule has 0 unspecified atom stereocenters. The number of fused-ring (bicyclic) bond motifs is 3. The maximum absolute atomic E-state index is 12.8. The van der Waals surface area contributed by atoms with Crippen LogP contribution in [0, 0.1) is 12.8 Å². The first-order valence-electron chi connectivity index (χ1n) is 11.8. The Morgan fingerprint density at radius 1 is 1.00 bits per heavy atom. The van der Waals surface area contributed by atoms with Gasteiger partial charge in [-0.25, -0.2) is 0 Å². The van der Waals surface area contributed by atoms with Gasteiger partial charge in [0, 0.05) is 61.5 Å².